The Bertz CT molecular complexity index is 180. The highest BCUT2D eigenvalue weighted by atomic mass is 16.5. The Labute approximate surface area is 87.0 Å². The first-order chi connectivity index (χ1) is 6.77. The summed E-state index contributed by atoms with van der Waals surface area (Å²) in [6.07, 6.45) is 1.31. The van der Waals surface area contributed by atoms with Crippen LogP contribution in [0.1, 0.15) is 20.3 Å². The summed E-state index contributed by atoms with van der Waals surface area (Å²) in [5.74, 6) is 0. The van der Waals surface area contributed by atoms with E-state index in [9.17, 15) is 0 Å². The van der Waals surface area contributed by atoms with E-state index in [-0.39, 0.29) is 0 Å². The first kappa shape index (κ1) is 10.4. The fraction of sp³-hybridized carbons (Fsp3) is 1.00. The van der Waals surface area contributed by atoms with Gasteiger partial charge in [-0.15, -0.1) is 0 Å². The van der Waals surface area contributed by atoms with Crippen molar-refractivity contribution in [3.05, 3.63) is 0 Å². The van der Waals surface area contributed by atoms with Crippen LogP contribution in [0.5, 0.6) is 0 Å². The number of nitrogens with zero attached hydrogens (tertiary/aromatic N) is 2. The molecule has 2 fully saturated rings. The lowest BCUT2D eigenvalue weighted by Crippen LogP contribution is -2.50. The molecule has 2 heterocycles. The van der Waals surface area contributed by atoms with Crippen LogP contribution in [0.15, 0.2) is 0 Å². The topological polar surface area (TPSA) is 15.7 Å². The molecule has 2 rings (SSSR count). The van der Waals surface area contributed by atoms with Crippen molar-refractivity contribution < 1.29 is 4.74 Å². The van der Waals surface area contributed by atoms with E-state index in [4.69, 9.17) is 4.74 Å². The van der Waals surface area contributed by atoms with Gasteiger partial charge in [-0.05, 0) is 33.4 Å². The zero-order valence-electron chi connectivity index (χ0n) is 9.41. The minimum absolute atomic E-state index is 0.701. The number of hydrogen-bond acceptors (Lipinski definition) is 3. The predicted molar refractivity (Wildman–Crippen MR) is 57.5 cm³/mol. The predicted octanol–water partition coefficient (Wildman–Crippen LogP) is 0.801. The Hall–Kier alpha value is -0.120. The minimum Gasteiger partial charge on any atom is -0.378 e. The van der Waals surface area contributed by atoms with Crippen molar-refractivity contribution >= 4 is 0 Å². The molecular formula is C11H22N2O. The van der Waals surface area contributed by atoms with E-state index in [1.165, 1.54) is 32.6 Å². The fourth-order valence-corrected chi connectivity index (χ4v) is 2.27. The molecule has 0 amide bonds. The molecule has 0 N–H and O–H groups in total. The van der Waals surface area contributed by atoms with Crippen molar-refractivity contribution in [3.63, 3.8) is 0 Å². The number of hydrogen-bond donors (Lipinski definition) is 0. The average molecular weight is 198 g/mol. The van der Waals surface area contributed by atoms with Gasteiger partial charge in [0.2, 0.25) is 0 Å². The van der Waals surface area contributed by atoms with E-state index in [1.807, 2.05) is 0 Å². The Morgan fingerprint density at radius 2 is 1.86 bits per heavy atom. The molecule has 0 spiro atoms. The molecular weight excluding hydrogens is 176 g/mol. The molecule has 0 aromatic carbocycles. The first-order valence-electron chi connectivity index (χ1n) is 5.83. The molecule has 0 saturated carbocycles. The summed E-state index contributed by atoms with van der Waals surface area (Å²) in [6.45, 7) is 11.5. The zero-order chi connectivity index (χ0) is 9.97. The Morgan fingerprint density at radius 1 is 1.07 bits per heavy atom. The largest absolute Gasteiger partial charge is 0.378 e. The average Bonchev–Trinajstić information content (AvgIpc) is 2.26. The Balaban J connectivity index is 1.81. The maximum absolute atomic E-state index is 5.25. The second kappa shape index (κ2) is 4.60. The van der Waals surface area contributed by atoms with E-state index in [1.54, 1.807) is 0 Å². The lowest BCUT2D eigenvalue weighted by molar-refractivity contribution is -0.0634. The van der Waals surface area contributed by atoms with Crippen LogP contribution in [-0.4, -0.2) is 61.3 Å². The van der Waals surface area contributed by atoms with Crippen molar-refractivity contribution in [2.75, 3.05) is 39.4 Å². The van der Waals surface area contributed by atoms with E-state index < -0.39 is 0 Å². The van der Waals surface area contributed by atoms with Crippen LogP contribution in [0.3, 0.4) is 0 Å². The molecule has 2 aliphatic rings. The number of ether oxygens (including phenoxy) is 1. The summed E-state index contributed by atoms with van der Waals surface area (Å²) in [6, 6.07) is 1.43. The van der Waals surface area contributed by atoms with Gasteiger partial charge >= 0.3 is 0 Å². The highest BCUT2D eigenvalue weighted by Gasteiger charge is 2.27. The monoisotopic (exact) mass is 198 g/mol. The SMILES string of the molecule is CC(C)N1CCCN(C2COC2)CC1. The van der Waals surface area contributed by atoms with Gasteiger partial charge in [0.05, 0.1) is 19.3 Å². The van der Waals surface area contributed by atoms with Crippen molar-refractivity contribution in [2.45, 2.75) is 32.4 Å². The third-order valence-corrected chi connectivity index (χ3v) is 3.43. The first-order valence-corrected chi connectivity index (χ1v) is 5.83. The zero-order valence-corrected chi connectivity index (χ0v) is 9.41. The summed E-state index contributed by atoms with van der Waals surface area (Å²) in [5.41, 5.74) is 0. The molecule has 14 heavy (non-hydrogen) atoms. The van der Waals surface area contributed by atoms with Crippen LogP contribution in [-0.2, 0) is 4.74 Å². The third-order valence-electron chi connectivity index (χ3n) is 3.43. The smallest absolute Gasteiger partial charge is 0.0645 e. The van der Waals surface area contributed by atoms with Crippen molar-refractivity contribution in [1.29, 1.82) is 0 Å². The van der Waals surface area contributed by atoms with Crippen molar-refractivity contribution in [3.8, 4) is 0 Å². The molecule has 0 bridgehead atoms. The Morgan fingerprint density at radius 3 is 2.43 bits per heavy atom. The van der Waals surface area contributed by atoms with Gasteiger partial charge in [-0.1, -0.05) is 0 Å². The molecule has 0 radical (unpaired) electrons. The summed E-state index contributed by atoms with van der Waals surface area (Å²) < 4.78 is 5.25. The van der Waals surface area contributed by atoms with Crippen LogP contribution < -0.4 is 0 Å². The molecule has 3 heteroatoms. The summed E-state index contributed by atoms with van der Waals surface area (Å²) in [5, 5.41) is 0. The van der Waals surface area contributed by atoms with Gasteiger partial charge in [0.1, 0.15) is 0 Å². The van der Waals surface area contributed by atoms with Crippen LogP contribution in [0, 0.1) is 0 Å². The van der Waals surface area contributed by atoms with Crippen LogP contribution in [0.25, 0.3) is 0 Å². The highest BCUT2D eigenvalue weighted by Crippen LogP contribution is 2.14. The molecule has 82 valence electrons. The van der Waals surface area contributed by atoms with Gasteiger partial charge in [0.25, 0.3) is 0 Å². The van der Waals surface area contributed by atoms with Crippen LogP contribution in [0.2, 0.25) is 0 Å². The van der Waals surface area contributed by atoms with E-state index in [0.29, 0.717) is 6.04 Å². The maximum Gasteiger partial charge on any atom is 0.0645 e. The molecule has 0 unspecified atom stereocenters. The maximum atomic E-state index is 5.25. The quantitative estimate of drug-likeness (QED) is 0.653. The van der Waals surface area contributed by atoms with Gasteiger partial charge in [0, 0.05) is 19.1 Å². The third kappa shape index (κ3) is 2.27. The lowest BCUT2D eigenvalue weighted by atomic mass is 10.2. The lowest BCUT2D eigenvalue weighted by Gasteiger charge is -2.36. The van der Waals surface area contributed by atoms with E-state index >= 15 is 0 Å². The minimum atomic E-state index is 0.701. The second-order valence-electron chi connectivity index (χ2n) is 4.71. The van der Waals surface area contributed by atoms with Gasteiger partial charge in [-0.2, -0.15) is 0 Å². The van der Waals surface area contributed by atoms with Crippen molar-refractivity contribution in [2.24, 2.45) is 0 Å². The standard InChI is InChI=1S/C11H22N2O/c1-10(2)12-4-3-5-13(7-6-12)11-8-14-9-11/h10-11H,3-9H2,1-2H3. The molecule has 2 saturated heterocycles. The summed E-state index contributed by atoms with van der Waals surface area (Å²) >= 11 is 0. The summed E-state index contributed by atoms with van der Waals surface area (Å²) in [4.78, 5) is 5.19. The molecule has 3 nitrogen and oxygen atoms in total. The van der Waals surface area contributed by atoms with Crippen molar-refractivity contribution in [1.82, 2.24) is 9.80 Å². The summed E-state index contributed by atoms with van der Waals surface area (Å²) in [7, 11) is 0. The van der Waals surface area contributed by atoms with Crippen LogP contribution in [0.4, 0.5) is 0 Å². The molecule has 2 aliphatic heterocycles. The van der Waals surface area contributed by atoms with Gasteiger partial charge in [0.15, 0.2) is 0 Å². The van der Waals surface area contributed by atoms with Gasteiger partial charge in [-0.25, -0.2) is 0 Å². The Kier molecular flexibility index (Phi) is 3.42. The number of rotatable bonds is 2. The van der Waals surface area contributed by atoms with E-state index in [2.05, 4.69) is 23.6 Å². The highest BCUT2D eigenvalue weighted by molar-refractivity contribution is 4.81. The molecule has 0 aliphatic carbocycles. The molecule has 0 atom stereocenters. The second-order valence-corrected chi connectivity index (χ2v) is 4.71. The molecule has 0 aromatic heterocycles. The molecule has 0 aromatic rings. The normalized spacial score (nSPS) is 27.6. The van der Waals surface area contributed by atoms with Gasteiger partial charge in [-0.3, -0.25) is 9.80 Å². The fourth-order valence-electron chi connectivity index (χ4n) is 2.27. The van der Waals surface area contributed by atoms with E-state index in [0.717, 1.165) is 19.3 Å². The van der Waals surface area contributed by atoms with Crippen LogP contribution >= 0.6 is 0 Å². The van der Waals surface area contributed by atoms with Gasteiger partial charge < -0.3 is 4.74 Å².